The van der Waals surface area contributed by atoms with Crippen LogP contribution in [0.25, 0.3) is 0 Å². The van der Waals surface area contributed by atoms with Gasteiger partial charge >= 0.3 is 6.18 Å². The summed E-state index contributed by atoms with van der Waals surface area (Å²) >= 11 is 7.77. The van der Waals surface area contributed by atoms with E-state index in [0.717, 1.165) is 0 Å². The summed E-state index contributed by atoms with van der Waals surface area (Å²) in [5, 5.41) is 18.1. The minimum atomic E-state index is -4.67. The summed E-state index contributed by atoms with van der Waals surface area (Å²) in [5.74, 6) is -1.23. The highest BCUT2D eigenvalue weighted by atomic mass is 79.9. The number of hydrogen-bond acceptors (Lipinski definition) is 4. The van der Waals surface area contributed by atoms with Crippen LogP contribution >= 0.6 is 28.1 Å². The van der Waals surface area contributed by atoms with E-state index in [2.05, 4.69) is 38.3 Å². The van der Waals surface area contributed by atoms with Crippen LogP contribution in [-0.2, 0) is 6.18 Å². The highest BCUT2D eigenvalue weighted by Gasteiger charge is 2.37. The minimum Gasteiger partial charge on any atom is -0.507 e. The average molecular weight is 367 g/mol. The monoisotopic (exact) mass is 366 g/mol. The van der Waals surface area contributed by atoms with Crippen molar-refractivity contribution >= 4 is 34.4 Å². The van der Waals surface area contributed by atoms with E-state index in [9.17, 15) is 18.3 Å². The van der Waals surface area contributed by atoms with Crippen LogP contribution in [-0.4, -0.2) is 26.2 Å². The van der Waals surface area contributed by atoms with Gasteiger partial charge in [-0.05, 0) is 51.9 Å². The van der Waals surface area contributed by atoms with E-state index in [1.165, 1.54) is 24.4 Å². The van der Waals surface area contributed by atoms with Gasteiger partial charge in [0.15, 0.2) is 0 Å². The van der Waals surface area contributed by atoms with Crippen molar-refractivity contribution in [1.82, 2.24) is 14.9 Å². The summed E-state index contributed by atoms with van der Waals surface area (Å²) in [6, 6.07) is 4.36. The molecule has 106 valence electrons. The second-order valence-corrected chi connectivity index (χ2v) is 4.86. The number of hydrogen-bond donors (Lipinski definition) is 2. The highest BCUT2D eigenvalue weighted by Crippen LogP contribution is 2.27. The van der Waals surface area contributed by atoms with Gasteiger partial charge in [-0.15, -0.1) is 5.10 Å². The molecule has 0 amide bonds. The third-order valence-corrected chi connectivity index (χ3v) is 3.10. The molecular formula is C10H6BrF3N4OS. The summed E-state index contributed by atoms with van der Waals surface area (Å²) in [6.07, 6.45) is -3.49. The number of benzene rings is 1. The molecule has 0 radical (unpaired) electrons. The zero-order chi connectivity index (χ0) is 14.9. The molecule has 2 rings (SSSR count). The second kappa shape index (κ2) is 5.37. The summed E-state index contributed by atoms with van der Waals surface area (Å²) in [4.78, 5) is 0. The molecule has 0 saturated carbocycles. The van der Waals surface area contributed by atoms with Crippen molar-refractivity contribution < 1.29 is 18.3 Å². The third kappa shape index (κ3) is 3.07. The zero-order valence-corrected chi connectivity index (χ0v) is 11.9. The van der Waals surface area contributed by atoms with E-state index in [-0.39, 0.29) is 10.5 Å². The molecular weight excluding hydrogens is 361 g/mol. The smallest absolute Gasteiger partial charge is 0.453 e. The number of aromatic amines is 1. The van der Waals surface area contributed by atoms with Crippen molar-refractivity contribution in [1.29, 1.82) is 0 Å². The Morgan fingerprint density at radius 2 is 2.15 bits per heavy atom. The molecule has 5 nitrogen and oxygen atoms in total. The maximum absolute atomic E-state index is 12.6. The number of H-pyrrole nitrogens is 1. The number of phenols is 1. The van der Waals surface area contributed by atoms with Crippen molar-refractivity contribution in [2.24, 2.45) is 5.10 Å². The fraction of sp³-hybridized carbons (Fsp3) is 0.100. The third-order valence-electron chi connectivity index (χ3n) is 2.20. The van der Waals surface area contributed by atoms with Crippen LogP contribution in [0.3, 0.4) is 0 Å². The van der Waals surface area contributed by atoms with Crippen molar-refractivity contribution in [2.75, 3.05) is 0 Å². The number of aromatic nitrogens is 3. The first-order valence-electron chi connectivity index (χ1n) is 5.06. The molecule has 0 fully saturated rings. The van der Waals surface area contributed by atoms with Crippen molar-refractivity contribution in [2.45, 2.75) is 6.18 Å². The lowest BCUT2D eigenvalue weighted by atomic mass is 10.2. The molecule has 10 heteroatoms. The van der Waals surface area contributed by atoms with Gasteiger partial charge < -0.3 is 5.11 Å². The molecule has 0 bridgehead atoms. The summed E-state index contributed by atoms with van der Waals surface area (Å²) in [5.41, 5.74) is 0.478. The molecule has 0 saturated heterocycles. The molecule has 2 N–H and O–H groups in total. The number of nitrogens with zero attached hydrogens (tertiary/aromatic N) is 3. The van der Waals surface area contributed by atoms with Crippen LogP contribution in [0.2, 0.25) is 0 Å². The van der Waals surface area contributed by atoms with Crippen LogP contribution in [0.15, 0.2) is 27.8 Å². The molecule has 0 aliphatic carbocycles. The van der Waals surface area contributed by atoms with Crippen LogP contribution in [0.4, 0.5) is 13.2 Å². The molecule has 0 unspecified atom stereocenters. The number of rotatable bonds is 2. The van der Waals surface area contributed by atoms with Gasteiger partial charge in [0.2, 0.25) is 4.77 Å². The highest BCUT2D eigenvalue weighted by molar-refractivity contribution is 9.10. The van der Waals surface area contributed by atoms with Gasteiger partial charge in [-0.2, -0.15) is 22.9 Å². The second-order valence-electron chi connectivity index (χ2n) is 3.62. The Hall–Kier alpha value is -1.68. The topological polar surface area (TPSA) is 66.2 Å². The number of halogens is 4. The maximum atomic E-state index is 12.6. The number of phenolic OH excluding ortho intramolecular Hbond substituents is 1. The molecule has 0 aliphatic rings. The normalized spacial score (nSPS) is 12.2. The van der Waals surface area contributed by atoms with Gasteiger partial charge in [-0.25, -0.2) is 5.10 Å². The Kier molecular flexibility index (Phi) is 3.95. The van der Waals surface area contributed by atoms with Gasteiger partial charge in [-0.1, -0.05) is 0 Å². The van der Waals surface area contributed by atoms with Crippen LogP contribution < -0.4 is 0 Å². The standard InChI is InChI=1S/C10H6BrF3N4OS/c11-6-3-5(1-2-7(6)19)4-15-18-8(10(12,13)14)16-17-9(18)20/h1-4,19H,(H,17,20)/b15-4-. The predicted octanol–water partition coefficient (Wildman–Crippen LogP) is 3.31. The molecule has 1 heterocycles. The molecule has 0 spiro atoms. The van der Waals surface area contributed by atoms with Crippen LogP contribution in [0.5, 0.6) is 5.75 Å². The van der Waals surface area contributed by atoms with Crippen LogP contribution in [0, 0.1) is 4.77 Å². The Morgan fingerprint density at radius 3 is 2.75 bits per heavy atom. The van der Waals surface area contributed by atoms with Gasteiger partial charge in [0.05, 0.1) is 10.7 Å². The minimum absolute atomic E-state index is 0.0121. The lowest BCUT2D eigenvalue weighted by Crippen LogP contribution is -2.12. The first kappa shape index (κ1) is 14.7. The van der Waals surface area contributed by atoms with E-state index < -0.39 is 12.0 Å². The van der Waals surface area contributed by atoms with Gasteiger partial charge in [0, 0.05) is 0 Å². The van der Waals surface area contributed by atoms with Gasteiger partial charge in [0.25, 0.3) is 5.82 Å². The van der Waals surface area contributed by atoms with Gasteiger partial charge in [0.1, 0.15) is 5.75 Å². The summed E-state index contributed by atoms with van der Waals surface area (Å²) < 4.78 is 38.5. The van der Waals surface area contributed by atoms with Crippen molar-refractivity contribution in [3.8, 4) is 5.75 Å². The zero-order valence-electron chi connectivity index (χ0n) is 9.52. The number of alkyl halides is 3. The summed E-state index contributed by atoms with van der Waals surface area (Å²) in [7, 11) is 0. The predicted molar refractivity (Wildman–Crippen MR) is 71.2 cm³/mol. The molecule has 0 aliphatic heterocycles. The fourth-order valence-corrected chi connectivity index (χ4v) is 1.89. The van der Waals surface area contributed by atoms with E-state index in [1.54, 1.807) is 0 Å². The summed E-state index contributed by atoms with van der Waals surface area (Å²) in [6.45, 7) is 0. The number of aromatic hydroxyl groups is 1. The molecule has 0 atom stereocenters. The fourth-order valence-electron chi connectivity index (χ4n) is 1.31. The Morgan fingerprint density at radius 1 is 1.45 bits per heavy atom. The average Bonchev–Trinajstić information content (AvgIpc) is 2.72. The number of nitrogens with one attached hydrogen (secondary N) is 1. The first-order valence-corrected chi connectivity index (χ1v) is 6.26. The molecule has 1 aromatic carbocycles. The van der Waals surface area contributed by atoms with E-state index in [1.807, 2.05) is 5.10 Å². The van der Waals surface area contributed by atoms with E-state index in [4.69, 9.17) is 0 Å². The Balaban J connectivity index is 2.39. The quantitative estimate of drug-likeness (QED) is 0.632. The molecule has 1 aromatic heterocycles. The van der Waals surface area contributed by atoms with Crippen LogP contribution in [0.1, 0.15) is 11.4 Å². The Bertz CT molecular complexity index is 722. The maximum Gasteiger partial charge on any atom is 0.453 e. The first-order chi connectivity index (χ1) is 9.29. The lowest BCUT2D eigenvalue weighted by molar-refractivity contribution is -0.147. The van der Waals surface area contributed by atoms with E-state index in [0.29, 0.717) is 14.7 Å². The van der Waals surface area contributed by atoms with Crippen molar-refractivity contribution in [3.05, 3.63) is 38.8 Å². The Labute approximate surface area is 123 Å². The lowest BCUT2D eigenvalue weighted by Gasteiger charge is -2.04. The molecule has 20 heavy (non-hydrogen) atoms. The largest absolute Gasteiger partial charge is 0.507 e. The molecule has 2 aromatic rings. The SMILES string of the molecule is Oc1ccc(/C=N\n2c(C(F)(F)F)n[nH]c2=S)cc1Br. The van der Waals surface area contributed by atoms with E-state index >= 15 is 0 Å². The van der Waals surface area contributed by atoms with Gasteiger partial charge in [-0.3, -0.25) is 0 Å². The van der Waals surface area contributed by atoms with Crippen molar-refractivity contribution in [3.63, 3.8) is 0 Å².